The number of hydrogen-bond acceptors (Lipinski definition) is 7. The summed E-state index contributed by atoms with van der Waals surface area (Å²) >= 11 is 6.22. The molecule has 0 saturated carbocycles. The van der Waals surface area contributed by atoms with E-state index in [9.17, 15) is 15.0 Å². The predicted octanol–water partition coefficient (Wildman–Crippen LogP) is 3.79. The smallest absolute Gasteiger partial charge is 0.320 e. The Balaban J connectivity index is 1.69. The lowest BCUT2D eigenvalue weighted by atomic mass is 10.1. The standard InChI is InChI=1S/C21H21ClN4O4/c1-30-19-9-16-14(8-18(19)27)20(24-11-23-16)25-15-7-13(22)5-4-12(15)10-26-6-2-3-17(26)21(28)29/h4-5,7-9,11,17,27H,2-3,6,10H2,1H3,(H,28,29)(H,23,24,25)/t17-/m1/s1. The van der Waals surface area contributed by atoms with Crippen LogP contribution in [0.25, 0.3) is 10.9 Å². The van der Waals surface area contributed by atoms with Gasteiger partial charge in [-0.05, 0) is 43.1 Å². The van der Waals surface area contributed by atoms with Gasteiger partial charge in [-0.1, -0.05) is 17.7 Å². The Bertz CT molecular complexity index is 1110. The molecule has 0 amide bonds. The van der Waals surface area contributed by atoms with Crippen molar-refractivity contribution in [3.05, 3.63) is 47.2 Å². The third-order valence-electron chi connectivity index (χ3n) is 5.28. The van der Waals surface area contributed by atoms with Crippen LogP contribution in [0.1, 0.15) is 18.4 Å². The number of carboxylic acid groups (broad SMARTS) is 1. The van der Waals surface area contributed by atoms with E-state index in [2.05, 4.69) is 15.3 Å². The molecule has 2 aromatic carbocycles. The highest BCUT2D eigenvalue weighted by atomic mass is 35.5. The quantitative estimate of drug-likeness (QED) is 0.544. The number of anilines is 2. The van der Waals surface area contributed by atoms with Crippen LogP contribution in [-0.2, 0) is 11.3 Å². The van der Waals surface area contributed by atoms with Crippen LogP contribution < -0.4 is 10.1 Å². The van der Waals surface area contributed by atoms with E-state index in [0.717, 1.165) is 18.5 Å². The molecule has 30 heavy (non-hydrogen) atoms. The predicted molar refractivity (Wildman–Crippen MR) is 114 cm³/mol. The number of phenolic OH excluding ortho intramolecular Hbond substituents is 1. The van der Waals surface area contributed by atoms with Gasteiger partial charge in [-0.2, -0.15) is 0 Å². The Morgan fingerprint density at radius 2 is 2.17 bits per heavy atom. The van der Waals surface area contributed by atoms with E-state index >= 15 is 0 Å². The summed E-state index contributed by atoms with van der Waals surface area (Å²) in [7, 11) is 1.47. The van der Waals surface area contributed by atoms with Crippen molar-refractivity contribution in [1.29, 1.82) is 0 Å². The number of nitrogens with zero attached hydrogens (tertiary/aromatic N) is 3. The summed E-state index contributed by atoms with van der Waals surface area (Å²) in [6, 6.07) is 8.13. The number of nitrogens with one attached hydrogen (secondary N) is 1. The normalized spacial score (nSPS) is 16.7. The minimum atomic E-state index is -0.804. The lowest BCUT2D eigenvalue weighted by Crippen LogP contribution is -2.35. The van der Waals surface area contributed by atoms with E-state index in [1.54, 1.807) is 24.3 Å². The molecule has 1 fully saturated rings. The van der Waals surface area contributed by atoms with Crippen molar-refractivity contribution in [2.24, 2.45) is 0 Å². The van der Waals surface area contributed by atoms with Gasteiger partial charge in [0.1, 0.15) is 18.2 Å². The summed E-state index contributed by atoms with van der Waals surface area (Å²) < 4.78 is 5.15. The molecule has 0 bridgehead atoms. The van der Waals surface area contributed by atoms with Crippen molar-refractivity contribution in [3.8, 4) is 11.5 Å². The Kier molecular flexibility index (Phi) is 5.61. The Labute approximate surface area is 178 Å². The minimum absolute atomic E-state index is 0.0180. The molecule has 9 heteroatoms. The van der Waals surface area contributed by atoms with Crippen LogP contribution in [0.4, 0.5) is 11.5 Å². The zero-order valence-electron chi connectivity index (χ0n) is 16.3. The highest BCUT2D eigenvalue weighted by Gasteiger charge is 2.30. The molecule has 0 radical (unpaired) electrons. The number of aromatic nitrogens is 2. The van der Waals surface area contributed by atoms with Crippen molar-refractivity contribution in [2.75, 3.05) is 19.0 Å². The van der Waals surface area contributed by atoms with Gasteiger partial charge in [0.2, 0.25) is 0 Å². The molecular weight excluding hydrogens is 408 g/mol. The lowest BCUT2D eigenvalue weighted by molar-refractivity contribution is -0.142. The molecule has 3 aromatic rings. The van der Waals surface area contributed by atoms with Crippen molar-refractivity contribution >= 4 is 40.0 Å². The maximum Gasteiger partial charge on any atom is 0.320 e. The largest absolute Gasteiger partial charge is 0.504 e. The summed E-state index contributed by atoms with van der Waals surface area (Å²) in [5, 5.41) is 24.1. The number of rotatable bonds is 6. The Morgan fingerprint density at radius 1 is 1.33 bits per heavy atom. The Morgan fingerprint density at radius 3 is 2.93 bits per heavy atom. The van der Waals surface area contributed by atoms with Gasteiger partial charge in [0.25, 0.3) is 0 Å². The number of aliphatic carboxylic acids is 1. The van der Waals surface area contributed by atoms with Crippen molar-refractivity contribution in [3.63, 3.8) is 0 Å². The number of carboxylic acids is 1. The van der Waals surface area contributed by atoms with Crippen molar-refractivity contribution in [2.45, 2.75) is 25.4 Å². The van der Waals surface area contributed by atoms with Gasteiger partial charge in [0.15, 0.2) is 11.5 Å². The van der Waals surface area contributed by atoms with E-state index < -0.39 is 12.0 Å². The fourth-order valence-electron chi connectivity index (χ4n) is 3.78. The maximum atomic E-state index is 11.5. The van der Waals surface area contributed by atoms with Gasteiger partial charge >= 0.3 is 5.97 Å². The van der Waals surface area contributed by atoms with Gasteiger partial charge in [-0.3, -0.25) is 9.69 Å². The van der Waals surface area contributed by atoms with Crippen molar-refractivity contribution < 1.29 is 19.7 Å². The minimum Gasteiger partial charge on any atom is -0.504 e. The highest BCUT2D eigenvalue weighted by Crippen LogP contribution is 2.35. The van der Waals surface area contributed by atoms with Crippen LogP contribution >= 0.6 is 11.6 Å². The molecule has 0 spiro atoms. The number of halogens is 1. The number of benzene rings is 2. The third-order valence-corrected chi connectivity index (χ3v) is 5.52. The number of carbonyl (C=O) groups is 1. The zero-order chi connectivity index (χ0) is 21.3. The van der Waals surface area contributed by atoms with E-state index in [1.165, 1.54) is 13.4 Å². The molecule has 0 aliphatic carbocycles. The molecule has 1 aliphatic heterocycles. The fraction of sp³-hybridized carbons (Fsp3) is 0.286. The summed E-state index contributed by atoms with van der Waals surface area (Å²) in [5.41, 5.74) is 2.22. The topological polar surface area (TPSA) is 108 Å². The molecule has 156 valence electrons. The van der Waals surface area contributed by atoms with Crippen LogP contribution in [0.5, 0.6) is 11.5 Å². The summed E-state index contributed by atoms with van der Waals surface area (Å²) in [6.07, 6.45) is 2.92. The van der Waals surface area contributed by atoms with Crippen LogP contribution in [0, 0.1) is 0 Å². The van der Waals surface area contributed by atoms with E-state index in [4.69, 9.17) is 16.3 Å². The molecule has 4 rings (SSSR count). The molecule has 8 nitrogen and oxygen atoms in total. The molecule has 1 atom stereocenters. The van der Waals surface area contributed by atoms with E-state index in [-0.39, 0.29) is 5.75 Å². The molecule has 2 heterocycles. The van der Waals surface area contributed by atoms with Crippen LogP contribution in [-0.4, -0.2) is 50.7 Å². The molecule has 0 unspecified atom stereocenters. The second-order valence-electron chi connectivity index (χ2n) is 7.16. The van der Waals surface area contributed by atoms with E-state index in [0.29, 0.717) is 46.1 Å². The summed E-state index contributed by atoms with van der Waals surface area (Å²) in [4.78, 5) is 22.0. The molecule has 3 N–H and O–H groups in total. The van der Waals surface area contributed by atoms with Gasteiger partial charge in [0, 0.05) is 28.7 Å². The first-order valence-electron chi connectivity index (χ1n) is 9.50. The number of likely N-dealkylation sites (tertiary alicyclic amines) is 1. The highest BCUT2D eigenvalue weighted by molar-refractivity contribution is 6.30. The monoisotopic (exact) mass is 428 g/mol. The number of hydrogen-bond donors (Lipinski definition) is 3. The molecule has 1 saturated heterocycles. The lowest BCUT2D eigenvalue weighted by Gasteiger charge is -2.23. The number of methoxy groups -OCH3 is 1. The first-order chi connectivity index (χ1) is 14.5. The molecular formula is C21H21ClN4O4. The number of fused-ring (bicyclic) bond motifs is 1. The molecule has 1 aromatic heterocycles. The fourth-order valence-corrected chi connectivity index (χ4v) is 3.95. The second kappa shape index (κ2) is 8.33. The molecule has 1 aliphatic rings. The average molecular weight is 429 g/mol. The first-order valence-corrected chi connectivity index (χ1v) is 9.88. The van der Waals surface area contributed by atoms with Crippen LogP contribution in [0.3, 0.4) is 0 Å². The third kappa shape index (κ3) is 3.96. The summed E-state index contributed by atoms with van der Waals surface area (Å²) in [5.74, 6) is -0.000240. The van der Waals surface area contributed by atoms with Gasteiger partial charge in [-0.15, -0.1) is 0 Å². The van der Waals surface area contributed by atoms with Crippen molar-refractivity contribution in [1.82, 2.24) is 14.9 Å². The second-order valence-corrected chi connectivity index (χ2v) is 7.59. The van der Waals surface area contributed by atoms with Crippen LogP contribution in [0.15, 0.2) is 36.7 Å². The number of phenols is 1. The number of aromatic hydroxyl groups is 1. The van der Waals surface area contributed by atoms with E-state index in [1.807, 2.05) is 11.0 Å². The summed E-state index contributed by atoms with van der Waals surface area (Å²) in [6.45, 7) is 1.20. The van der Waals surface area contributed by atoms with Gasteiger partial charge < -0.3 is 20.3 Å². The van der Waals surface area contributed by atoms with Gasteiger partial charge in [0.05, 0.1) is 12.6 Å². The SMILES string of the molecule is COc1cc2ncnc(Nc3cc(Cl)ccc3CN3CCC[C@@H]3C(=O)O)c2cc1O. The van der Waals surface area contributed by atoms with Crippen LogP contribution in [0.2, 0.25) is 5.02 Å². The number of ether oxygens (including phenoxy) is 1. The first kappa shape index (κ1) is 20.2. The Hall–Kier alpha value is -3.10. The van der Waals surface area contributed by atoms with Gasteiger partial charge in [-0.25, -0.2) is 9.97 Å². The maximum absolute atomic E-state index is 11.5. The zero-order valence-corrected chi connectivity index (χ0v) is 17.1. The average Bonchev–Trinajstić information content (AvgIpc) is 3.18.